The van der Waals surface area contributed by atoms with E-state index in [2.05, 4.69) is 44.6 Å². The third-order valence-corrected chi connectivity index (χ3v) is 5.47. The maximum atomic E-state index is 12.6. The summed E-state index contributed by atoms with van der Waals surface area (Å²) < 4.78 is 0. The molecule has 6 nitrogen and oxygen atoms in total. The highest BCUT2D eigenvalue weighted by Crippen LogP contribution is 2.20. The fourth-order valence-corrected chi connectivity index (χ4v) is 3.67. The molecule has 2 N–H and O–H groups in total. The van der Waals surface area contributed by atoms with Gasteiger partial charge in [-0.2, -0.15) is 4.98 Å². The van der Waals surface area contributed by atoms with Gasteiger partial charge in [0.25, 0.3) is 5.91 Å². The first-order valence-corrected chi connectivity index (χ1v) is 10.4. The largest absolute Gasteiger partial charge is 0.349 e. The van der Waals surface area contributed by atoms with E-state index in [0.717, 1.165) is 54.5 Å². The van der Waals surface area contributed by atoms with Crippen LogP contribution in [0.2, 0.25) is 0 Å². The van der Waals surface area contributed by atoms with Gasteiger partial charge in [-0.1, -0.05) is 35.9 Å². The average Bonchev–Trinajstić information content (AvgIpc) is 2.76. The summed E-state index contributed by atoms with van der Waals surface area (Å²) in [5.41, 5.74) is 3.97. The molecule has 3 aromatic rings. The number of nitrogens with one attached hydrogen (secondary N) is 2. The molecule has 1 aromatic heterocycles. The summed E-state index contributed by atoms with van der Waals surface area (Å²) in [5.74, 6) is 1.50. The summed E-state index contributed by atoms with van der Waals surface area (Å²) in [6.45, 7) is 5.66. The van der Waals surface area contributed by atoms with Crippen LogP contribution in [-0.4, -0.2) is 35.0 Å². The van der Waals surface area contributed by atoms with E-state index in [9.17, 15) is 4.79 Å². The zero-order valence-corrected chi connectivity index (χ0v) is 17.4. The second kappa shape index (κ2) is 8.95. The van der Waals surface area contributed by atoms with Gasteiger partial charge >= 0.3 is 0 Å². The molecule has 30 heavy (non-hydrogen) atoms. The minimum atomic E-state index is 0.00657. The molecule has 4 rings (SSSR count). The zero-order chi connectivity index (χ0) is 20.9. The van der Waals surface area contributed by atoms with Crippen LogP contribution < -0.4 is 15.5 Å². The molecule has 0 unspecified atom stereocenters. The SMILES string of the molecule is Cc1ccc(Nc2ccnc(N3CCC(NC(=O)c4ccccc4C)CC3)n2)cc1. The van der Waals surface area contributed by atoms with E-state index in [4.69, 9.17) is 0 Å². The van der Waals surface area contributed by atoms with E-state index in [0.29, 0.717) is 0 Å². The number of piperidine rings is 1. The van der Waals surface area contributed by atoms with E-state index in [1.807, 2.05) is 49.4 Å². The Kier molecular flexibility index (Phi) is 5.93. The van der Waals surface area contributed by atoms with Crippen molar-refractivity contribution < 1.29 is 4.79 Å². The number of anilines is 3. The predicted molar refractivity (Wildman–Crippen MR) is 120 cm³/mol. The standard InChI is InChI=1S/C24H27N5O/c1-17-7-9-19(10-8-17)26-22-11-14-25-24(28-22)29-15-12-20(13-16-29)27-23(30)21-6-4-3-5-18(21)2/h3-11,14,20H,12-13,15-16H2,1-2H3,(H,27,30)(H,25,26,28). The minimum absolute atomic E-state index is 0.00657. The zero-order valence-electron chi connectivity index (χ0n) is 17.4. The number of nitrogens with zero attached hydrogens (tertiary/aromatic N) is 3. The number of carbonyl (C=O) groups excluding carboxylic acids is 1. The Bertz CT molecular complexity index is 1010. The van der Waals surface area contributed by atoms with Crippen LogP contribution in [0, 0.1) is 13.8 Å². The molecule has 0 aliphatic carbocycles. The first-order chi connectivity index (χ1) is 14.6. The summed E-state index contributed by atoms with van der Waals surface area (Å²) in [6.07, 6.45) is 3.53. The molecule has 6 heteroatoms. The van der Waals surface area contributed by atoms with Crippen molar-refractivity contribution in [3.8, 4) is 0 Å². The molecule has 1 saturated heterocycles. The number of hydrogen-bond donors (Lipinski definition) is 2. The number of amides is 1. The normalized spacial score (nSPS) is 14.4. The fraction of sp³-hybridized carbons (Fsp3) is 0.292. The van der Waals surface area contributed by atoms with Crippen molar-refractivity contribution in [3.05, 3.63) is 77.5 Å². The van der Waals surface area contributed by atoms with Gasteiger partial charge in [0.15, 0.2) is 0 Å². The lowest BCUT2D eigenvalue weighted by Crippen LogP contribution is -2.45. The molecule has 0 bridgehead atoms. The number of hydrogen-bond acceptors (Lipinski definition) is 5. The lowest BCUT2D eigenvalue weighted by atomic mass is 10.0. The maximum absolute atomic E-state index is 12.6. The summed E-state index contributed by atoms with van der Waals surface area (Å²) >= 11 is 0. The van der Waals surface area contributed by atoms with Gasteiger partial charge in [-0.05, 0) is 56.5 Å². The number of carbonyl (C=O) groups is 1. The maximum Gasteiger partial charge on any atom is 0.251 e. The summed E-state index contributed by atoms with van der Waals surface area (Å²) in [7, 11) is 0. The Hall–Kier alpha value is -3.41. The molecule has 1 aliphatic heterocycles. The van der Waals surface area contributed by atoms with Gasteiger partial charge in [0.1, 0.15) is 5.82 Å². The van der Waals surface area contributed by atoms with Gasteiger partial charge in [0.05, 0.1) is 0 Å². The summed E-state index contributed by atoms with van der Waals surface area (Å²) in [5, 5.41) is 6.51. The smallest absolute Gasteiger partial charge is 0.251 e. The Labute approximate surface area is 177 Å². The van der Waals surface area contributed by atoms with E-state index >= 15 is 0 Å². The highest BCUT2D eigenvalue weighted by molar-refractivity contribution is 5.95. The Morgan fingerprint density at radius 3 is 2.47 bits per heavy atom. The van der Waals surface area contributed by atoms with Gasteiger partial charge in [-0.15, -0.1) is 0 Å². The van der Waals surface area contributed by atoms with Crippen molar-refractivity contribution in [2.75, 3.05) is 23.3 Å². The van der Waals surface area contributed by atoms with Crippen LogP contribution in [0.5, 0.6) is 0 Å². The molecule has 154 valence electrons. The highest BCUT2D eigenvalue weighted by Gasteiger charge is 2.23. The first-order valence-electron chi connectivity index (χ1n) is 10.4. The number of benzene rings is 2. The molecule has 0 radical (unpaired) electrons. The van der Waals surface area contributed by atoms with E-state index < -0.39 is 0 Å². The molecule has 1 aliphatic rings. The summed E-state index contributed by atoms with van der Waals surface area (Å²) in [4.78, 5) is 23.9. The van der Waals surface area contributed by atoms with Crippen LogP contribution in [0.25, 0.3) is 0 Å². The van der Waals surface area contributed by atoms with E-state index in [1.54, 1.807) is 6.20 Å². The lowest BCUT2D eigenvalue weighted by molar-refractivity contribution is 0.0930. The predicted octanol–water partition coefficient (Wildman–Crippen LogP) is 4.24. The van der Waals surface area contributed by atoms with Gasteiger partial charge in [-0.3, -0.25) is 4.79 Å². The number of rotatable bonds is 5. The van der Waals surface area contributed by atoms with Crippen molar-refractivity contribution >= 4 is 23.4 Å². The number of aryl methyl sites for hydroxylation is 2. The second-order valence-electron chi connectivity index (χ2n) is 7.78. The third kappa shape index (κ3) is 4.76. The van der Waals surface area contributed by atoms with Gasteiger partial charge in [0.2, 0.25) is 5.95 Å². The van der Waals surface area contributed by atoms with Crippen LogP contribution in [0.15, 0.2) is 60.8 Å². The molecule has 1 amide bonds. The molecule has 2 aromatic carbocycles. The molecule has 0 spiro atoms. The molecule has 1 fully saturated rings. The minimum Gasteiger partial charge on any atom is -0.349 e. The highest BCUT2D eigenvalue weighted by atomic mass is 16.1. The van der Waals surface area contributed by atoms with Gasteiger partial charge < -0.3 is 15.5 Å². The molecular weight excluding hydrogens is 374 g/mol. The Morgan fingerprint density at radius 1 is 1.00 bits per heavy atom. The lowest BCUT2D eigenvalue weighted by Gasteiger charge is -2.32. The van der Waals surface area contributed by atoms with E-state index in [-0.39, 0.29) is 11.9 Å². The quantitative estimate of drug-likeness (QED) is 0.669. The van der Waals surface area contributed by atoms with Crippen LogP contribution in [0.4, 0.5) is 17.5 Å². The van der Waals surface area contributed by atoms with Crippen molar-refractivity contribution in [1.29, 1.82) is 0 Å². The molecule has 0 atom stereocenters. The van der Waals surface area contributed by atoms with Crippen molar-refractivity contribution in [1.82, 2.24) is 15.3 Å². The first kappa shape index (κ1) is 19.9. The second-order valence-corrected chi connectivity index (χ2v) is 7.78. The Balaban J connectivity index is 1.34. The Morgan fingerprint density at radius 2 is 1.73 bits per heavy atom. The van der Waals surface area contributed by atoms with Crippen LogP contribution in [0.3, 0.4) is 0 Å². The van der Waals surface area contributed by atoms with Gasteiger partial charge in [-0.25, -0.2) is 4.98 Å². The van der Waals surface area contributed by atoms with Crippen molar-refractivity contribution in [3.63, 3.8) is 0 Å². The van der Waals surface area contributed by atoms with Crippen molar-refractivity contribution in [2.45, 2.75) is 32.7 Å². The third-order valence-electron chi connectivity index (χ3n) is 5.47. The average molecular weight is 402 g/mol. The molecule has 0 saturated carbocycles. The van der Waals surface area contributed by atoms with Crippen LogP contribution in [0.1, 0.15) is 34.3 Å². The monoisotopic (exact) mass is 401 g/mol. The molecule has 2 heterocycles. The topological polar surface area (TPSA) is 70.2 Å². The molecular formula is C24H27N5O. The van der Waals surface area contributed by atoms with Crippen LogP contribution in [-0.2, 0) is 0 Å². The van der Waals surface area contributed by atoms with Crippen LogP contribution >= 0.6 is 0 Å². The van der Waals surface area contributed by atoms with Crippen molar-refractivity contribution in [2.24, 2.45) is 0 Å². The summed E-state index contributed by atoms with van der Waals surface area (Å²) in [6, 6.07) is 18.0. The van der Waals surface area contributed by atoms with E-state index in [1.165, 1.54) is 5.56 Å². The number of aromatic nitrogens is 2. The fourth-order valence-electron chi connectivity index (χ4n) is 3.67. The van der Waals surface area contributed by atoms with Gasteiger partial charge in [0, 0.05) is 36.6 Å².